The van der Waals surface area contributed by atoms with Crippen LogP contribution in [0.5, 0.6) is 23.0 Å². The zero-order valence-corrected chi connectivity index (χ0v) is 54.1. The summed E-state index contributed by atoms with van der Waals surface area (Å²) < 4.78 is 25.9. The van der Waals surface area contributed by atoms with Gasteiger partial charge in [-0.05, 0) is 73.7 Å². The maximum Gasteiger partial charge on any atom is 0.286 e. The molecule has 88 heavy (non-hydrogen) atoms. The van der Waals surface area contributed by atoms with Crippen LogP contribution in [0.25, 0.3) is 0 Å². The van der Waals surface area contributed by atoms with E-state index in [9.17, 15) is 53.8 Å². The van der Waals surface area contributed by atoms with E-state index < -0.39 is 56.7 Å². The number of likely N-dealkylation sites (tertiary alicyclic amines) is 2. The molecule has 2 saturated heterocycles. The largest absolute Gasteiger partial charge is 0.493 e. The van der Waals surface area contributed by atoms with Crippen molar-refractivity contribution in [2.45, 2.75) is 100 Å². The molecule has 0 unspecified atom stereocenters. The van der Waals surface area contributed by atoms with Gasteiger partial charge in [0.15, 0.2) is 23.0 Å². The van der Waals surface area contributed by atoms with Gasteiger partial charge in [-0.1, -0.05) is 27.7 Å². The number of ether oxygens (including phenoxy) is 4. The first-order valence-electron chi connectivity index (χ1n) is 29.1. The van der Waals surface area contributed by atoms with Crippen LogP contribution in [0.2, 0.25) is 0 Å². The number of rotatable bonds is 35. The third kappa shape index (κ3) is 18.9. The molecule has 26 nitrogen and oxygen atoms in total. The van der Waals surface area contributed by atoms with Crippen LogP contribution in [-0.4, -0.2) is 175 Å². The number of anilines is 2. The van der Waals surface area contributed by atoms with Gasteiger partial charge in [0, 0.05) is 77.6 Å². The maximum absolute atomic E-state index is 13.9. The fourth-order valence-electron chi connectivity index (χ4n) is 10.2. The fraction of sp³-hybridized carbons (Fsp3) is 0.534. The summed E-state index contributed by atoms with van der Waals surface area (Å²) in [6, 6.07) is 7.84. The molecule has 2 aliphatic rings. The summed E-state index contributed by atoms with van der Waals surface area (Å²) in [7, 11) is 5.95. The summed E-state index contributed by atoms with van der Waals surface area (Å²) in [6.45, 7) is 9.01. The smallest absolute Gasteiger partial charge is 0.286 e. The van der Waals surface area contributed by atoms with Crippen molar-refractivity contribution in [1.29, 1.82) is 0 Å². The first-order valence-corrected chi connectivity index (χ1v) is 33.3. The molecule has 2 fully saturated rings. The molecular formula is C58H79N11O15S4. The average Bonchev–Trinajstić information content (AvgIpc) is 1.85. The number of nitrogens with one attached hydrogen (secondary N) is 5. The Kier molecular flexibility index (Phi) is 27.3. The van der Waals surface area contributed by atoms with Crippen molar-refractivity contribution < 1.29 is 62.4 Å². The number of aromatic nitrogens is 2. The maximum atomic E-state index is 13.9. The number of amides is 7. The standard InChI is InChI=1S/C58H79N11O15S4/c1-9-85-57(86-10-2)40-17-13-23-66(40)55(75)38-29-46(81-7)48(31-42(38)68(77)78)83-25-15-19-50(70)59-21-22-60-52(72)33-61-53(73)44-28-37(35-64(44)5)63-54(74)45-27-36(34-65(45)6)62-51(71)20-16-26-84-49-32-43(69(79)80)39(30-47(49)82-8)56(76)67-24-14-18-41(67)58(87-11-3)88-12-4/h27-32,34-35,40-41,57-58H,9-26,33H2,1-8H3,(H,59,70)(H,60,72)(H,61,73)(H,62,71)(H,63,74)/t40-,41-/m0/s1. The number of thioether (sulfide) groups is 4. The van der Waals surface area contributed by atoms with Gasteiger partial charge in [-0.25, -0.2) is 0 Å². The van der Waals surface area contributed by atoms with Crippen LogP contribution in [0.1, 0.15) is 121 Å². The molecule has 2 aliphatic heterocycles. The Hall–Kier alpha value is -7.31. The molecular weight excluding hydrogens is 1220 g/mol. The highest BCUT2D eigenvalue weighted by molar-refractivity contribution is 8.17. The van der Waals surface area contributed by atoms with Crippen LogP contribution in [0.3, 0.4) is 0 Å². The number of benzene rings is 2. The van der Waals surface area contributed by atoms with Gasteiger partial charge in [-0.2, -0.15) is 0 Å². The Morgan fingerprint density at radius 1 is 0.568 bits per heavy atom. The van der Waals surface area contributed by atoms with Crippen LogP contribution in [0.4, 0.5) is 22.7 Å². The predicted octanol–water partition coefficient (Wildman–Crippen LogP) is 7.94. The SMILES string of the molecule is CCSC(SCC)[C@@H]1CCCN1C(=O)c1cc(OC)c(OCCCC(=O)NCCNC(=O)CNC(=O)c2cc(NC(=O)c3cc(NC(=O)CCCOc4cc([N+](=O)[O-])c(C(=O)N5CCC[C@H]5C(SCC)SCC)cc4OC)cn3C)cn2C)cc1[N+](=O)[O-]. The Labute approximate surface area is 528 Å². The molecule has 480 valence electrons. The second-order valence-corrected chi connectivity index (χ2v) is 26.5. The molecule has 4 heterocycles. The molecule has 0 saturated carbocycles. The molecule has 2 aromatic carbocycles. The first kappa shape index (κ1) is 69.8. The van der Waals surface area contributed by atoms with Crippen molar-refractivity contribution in [3.8, 4) is 23.0 Å². The summed E-state index contributed by atoms with van der Waals surface area (Å²) in [5.41, 5.74) is -0.0471. The summed E-state index contributed by atoms with van der Waals surface area (Å²) >= 11 is 7.07. The quantitative estimate of drug-likeness (QED) is 0.0126. The highest BCUT2D eigenvalue weighted by Crippen LogP contribution is 2.42. The Morgan fingerprint density at radius 2 is 0.989 bits per heavy atom. The molecule has 0 aliphatic carbocycles. The van der Waals surface area contributed by atoms with Crippen LogP contribution in [-0.2, 0) is 28.5 Å². The number of carbonyl (C=O) groups excluding carboxylic acids is 7. The zero-order valence-electron chi connectivity index (χ0n) is 50.8. The van der Waals surface area contributed by atoms with E-state index in [1.165, 1.54) is 65.9 Å². The Balaban J connectivity index is 0.890. The average molecular weight is 1300 g/mol. The van der Waals surface area contributed by atoms with Gasteiger partial charge < -0.3 is 64.5 Å². The van der Waals surface area contributed by atoms with E-state index in [1.54, 1.807) is 77.1 Å². The Bertz CT molecular complexity index is 3130. The number of nitrogens with zero attached hydrogens (tertiary/aromatic N) is 6. The van der Waals surface area contributed by atoms with Crippen LogP contribution >= 0.6 is 47.0 Å². The van der Waals surface area contributed by atoms with Gasteiger partial charge in [0.25, 0.3) is 35.0 Å². The van der Waals surface area contributed by atoms with E-state index >= 15 is 0 Å². The lowest BCUT2D eigenvalue weighted by atomic mass is 10.1. The minimum Gasteiger partial charge on any atom is -0.493 e. The minimum absolute atomic E-state index is 0.00743. The summed E-state index contributed by atoms with van der Waals surface area (Å²) in [5, 5.41) is 37.9. The van der Waals surface area contributed by atoms with Crippen molar-refractivity contribution in [3.05, 3.63) is 91.5 Å². The monoisotopic (exact) mass is 1300 g/mol. The number of nitro groups is 2. The zero-order chi connectivity index (χ0) is 64.0. The first-order chi connectivity index (χ1) is 42.3. The molecule has 2 atom stereocenters. The normalized spacial score (nSPS) is 14.6. The topological polar surface area (TPSA) is 319 Å². The third-order valence-electron chi connectivity index (χ3n) is 14.3. The number of hydrogen-bond acceptors (Lipinski definition) is 19. The lowest BCUT2D eigenvalue weighted by molar-refractivity contribution is -0.385. The van der Waals surface area contributed by atoms with Crippen LogP contribution in [0.15, 0.2) is 48.8 Å². The van der Waals surface area contributed by atoms with Crippen molar-refractivity contribution in [2.24, 2.45) is 14.1 Å². The minimum atomic E-state index is -0.613. The number of aryl methyl sites for hydroxylation is 2. The number of carbonyl (C=O) groups is 7. The summed E-state index contributed by atoms with van der Waals surface area (Å²) in [4.78, 5) is 119. The van der Waals surface area contributed by atoms with Gasteiger partial charge in [0.1, 0.15) is 22.5 Å². The lowest BCUT2D eigenvalue weighted by Crippen LogP contribution is -2.41. The highest BCUT2D eigenvalue weighted by atomic mass is 32.2. The van der Waals surface area contributed by atoms with Gasteiger partial charge in [0.05, 0.1) is 88.6 Å². The van der Waals surface area contributed by atoms with Crippen molar-refractivity contribution >= 4 is 111 Å². The fourth-order valence-corrected chi connectivity index (χ4v) is 16.0. The predicted molar refractivity (Wildman–Crippen MR) is 343 cm³/mol. The van der Waals surface area contributed by atoms with E-state index in [-0.39, 0.29) is 137 Å². The van der Waals surface area contributed by atoms with Crippen LogP contribution < -0.4 is 45.5 Å². The highest BCUT2D eigenvalue weighted by Gasteiger charge is 2.40. The molecule has 0 radical (unpaired) electrons. The molecule has 4 aromatic rings. The second kappa shape index (κ2) is 34.4. The van der Waals surface area contributed by atoms with Gasteiger partial charge in [-0.15, -0.1) is 47.0 Å². The third-order valence-corrected chi connectivity index (χ3v) is 19.8. The summed E-state index contributed by atoms with van der Waals surface area (Å²) in [5.74, 6) is 0.658. The number of hydrogen-bond donors (Lipinski definition) is 5. The van der Waals surface area contributed by atoms with Gasteiger partial charge in [-0.3, -0.25) is 53.8 Å². The van der Waals surface area contributed by atoms with E-state index in [2.05, 4.69) is 54.3 Å². The lowest BCUT2D eigenvalue weighted by Gasteiger charge is -2.31. The van der Waals surface area contributed by atoms with Crippen LogP contribution in [0, 0.1) is 20.2 Å². The van der Waals surface area contributed by atoms with Gasteiger partial charge >= 0.3 is 0 Å². The number of nitro benzene ring substituents is 2. The van der Waals surface area contributed by atoms with E-state index in [4.69, 9.17) is 18.9 Å². The summed E-state index contributed by atoms with van der Waals surface area (Å²) in [6.07, 6.45) is 6.76. The number of methoxy groups -OCH3 is 2. The Morgan fingerprint density at radius 3 is 1.42 bits per heavy atom. The molecule has 0 bridgehead atoms. The van der Waals surface area contributed by atoms with Crippen molar-refractivity contribution in [3.63, 3.8) is 0 Å². The molecule has 0 spiro atoms. The second-order valence-electron chi connectivity index (χ2n) is 20.3. The molecule has 30 heteroatoms. The van der Waals surface area contributed by atoms with E-state index in [0.29, 0.717) is 18.8 Å². The van der Waals surface area contributed by atoms with E-state index in [1.807, 2.05) is 0 Å². The van der Waals surface area contributed by atoms with Crippen molar-refractivity contribution in [2.75, 3.05) is 93.8 Å². The molecule has 7 amide bonds. The molecule has 2 aromatic heterocycles. The van der Waals surface area contributed by atoms with Gasteiger partial charge in [0.2, 0.25) is 17.7 Å². The van der Waals surface area contributed by atoms with E-state index in [0.717, 1.165) is 48.7 Å². The molecule has 6 rings (SSSR count). The van der Waals surface area contributed by atoms with Crippen molar-refractivity contribution in [1.82, 2.24) is 34.9 Å². The molecule has 5 N–H and O–H groups in total.